The molecule has 0 saturated heterocycles. The lowest BCUT2D eigenvalue weighted by Crippen LogP contribution is -2.46. The number of hydrogen-bond donors (Lipinski definition) is 2. The lowest BCUT2D eigenvalue weighted by atomic mass is 10.1. The van der Waals surface area contributed by atoms with Crippen LogP contribution < -0.4 is 15.6 Å². The zero-order valence-corrected chi connectivity index (χ0v) is 12.1. The van der Waals surface area contributed by atoms with Gasteiger partial charge < -0.3 is 4.74 Å². The lowest BCUT2D eigenvalue weighted by Gasteiger charge is -2.15. The normalized spacial score (nSPS) is 11.7. The van der Waals surface area contributed by atoms with Gasteiger partial charge >= 0.3 is 0 Å². The molecule has 0 spiro atoms. The van der Waals surface area contributed by atoms with Crippen molar-refractivity contribution in [1.29, 1.82) is 0 Å². The number of hydrazine groups is 1. The Bertz CT molecular complexity index is 655. The van der Waals surface area contributed by atoms with Crippen LogP contribution in [0.5, 0.6) is 5.75 Å². The molecule has 0 aromatic heterocycles. The number of amides is 2. The van der Waals surface area contributed by atoms with E-state index >= 15 is 0 Å². The van der Waals surface area contributed by atoms with Gasteiger partial charge in [0.15, 0.2) is 6.10 Å². The van der Waals surface area contributed by atoms with Gasteiger partial charge in [-0.3, -0.25) is 20.4 Å². The van der Waals surface area contributed by atoms with Crippen LogP contribution in [0.15, 0.2) is 42.5 Å². The van der Waals surface area contributed by atoms with Gasteiger partial charge in [0, 0.05) is 6.42 Å². The Morgan fingerprint density at radius 2 is 1.81 bits per heavy atom. The molecule has 21 heavy (non-hydrogen) atoms. The van der Waals surface area contributed by atoms with E-state index in [1.807, 2.05) is 42.5 Å². The van der Waals surface area contributed by atoms with Gasteiger partial charge in [0.05, 0.1) is 0 Å². The molecule has 0 aliphatic heterocycles. The molecule has 0 fully saturated rings. The van der Waals surface area contributed by atoms with Crippen molar-refractivity contribution in [3.8, 4) is 5.75 Å². The number of hydrogen-bond acceptors (Lipinski definition) is 3. The number of carbonyl (C=O) groups is 2. The number of nitrogens with one attached hydrogen (secondary N) is 2. The zero-order valence-electron chi connectivity index (χ0n) is 12.1. The van der Waals surface area contributed by atoms with Crippen LogP contribution >= 0.6 is 0 Å². The Kier molecular flexibility index (Phi) is 4.77. The van der Waals surface area contributed by atoms with Gasteiger partial charge in [-0.2, -0.15) is 0 Å². The fraction of sp³-hybridized carbons (Fsp3) is 0.250. The van der Waals surface area contributed by atoms with E-state index in [-0.39, 0.29) is 5.91 Å². The number of carbonyl (C=O) groups excluding carboxylic acids is 2. The van der Waals surface area contributed by atoms with E-state index in [0.29, 0.717) is 12.2 Å². The Hall–Kier alpha value is -2.56. The van der Waals surface area contributed by atoms with Crippen LogP contribution in [-0.4, -0.2) is 17.9 Å². The molecule has 0 heterocycles. The van der Waals surface area contributed by atoms with Gasteiger partial charge in [-0.25, -0.2) is 0 Å². The van der Waals surface area contributed by atoms with E-state index < -0.39 is 12.0 Å². The smallest absolute Gasteiger partial charge is 0.279 e. The maximum absolute atomic E-state index is 11.8. The van der Waals surface area contributed by atoms with Gasteiger partial charge in [0.25, 0.3) is 5.91 Å². The minimum atomic E-state index is -0.705. The largest absolute Gasteiger partial charge is 0.481 e. The first-order valence-electron chi connectivity index (χ1n) is 6.84. The molecule has 0 aliphatic carbocycles. The van der Waals surface area contributed by atoms with Crippen molar-refractivity contribution in [2.75, 3.05) is 0 Å². The average molecular weight is 286 g/mol. The highest BCUT2D eigenvalue weighted by molar-refractivity contribution is 5.85. The van der Waals surface area contributed by atoms with Crippen molar-refractivity contribution >= 4 is 22.6 Å². The zero-order chi connectivity index (χ0) is 15.2. The second-order valence-electron chi connectivity index (χ2n) is 4.66. The Morgan fingerprint density at radius 1 is 1.10 bits per heavy atom. The van der Waals surface area contributed by atoms with Crippen LogP contribution in [0.25, 0.3) is 10.8 Å². The van der Waals surface area contributed by atoms with Crippen LogP contribution in [0.3, 0.4) is 0 Å². The second kappa shape index (κ2) is 6.74. The third-order valence-electron chi connectivity index (χ3n) is 3.05. The quantitative estimate of drug-likeness (QED) is 0.846. The summed E-state index contributed by atoms with van der Waals surface area (Å²) in [4.78, 5) is 22.9. The summed E-state index contributed by atoms with van der Waals surface area (Å²) in [5.41, 5.74) is 4.64. The molecule has 1 unspecified atom stereocenters. The van der Waals surface area contributed by atoms with Crippen molar-refractivity contribution in [3.05, 3.63) is 42.5 Å². The highest BCUT2D eigenvalue weighted by Gasteiger charge is 2.15. The molecular weight excluding hydrogens is 268 g/mol. The molecule has 2 aromatic carbocycles. The van der Waals surface area contributed by atoms with Crippen LogP contribution in [0.2, 0.25) is 0 Å². The monoisotopic (exact) mass is 286 g/mol. The standard InChI is InChI=1S/C16H18N2O3/c1-3-15(19)17-18-16(20)11(2)21-14-9-8-12-6-4-5-7-13(12)10-14/h4-11H,3H2,1-2H3,(H,17,19)(H,18,20). The van der Waals surface area contributed by atoms with E-state index in [4.69, 9.17) is 4.74 Å². The van der Waals surface area contributed by atoms with Crippen molar-refractivity contribution in [1.82, 2.24) is 10.9 Å². The summed E-state index contributed by atoms with van der Waals surface area (Å²) in [5, 5.41) is 2.15. The second-order valence-corrected chi connectivity index (χ2v) is 4.66. The SMILES string of the molecule is CCC(=O)NNC(=O)C(C)Oc1ccc2ccccc2c1. The molecule has 0 bridgehead atoms. The Labute approximate surface area is 123 Å². The minimum Gasteiger partial charge on any atom is -0.481 e. The summed E-state index contributed by atoms with van der Waals surface area (Å²) in [7, 11) is 0. The van der Waals surface area contributed by atoms with Gasteiger partial charge in [-0.05, 0) is 29.8 Å². The molecule has 1 atom stereocenters. The van der Waals surface area contributed by atoms with E-state index in [2.05, 4.69) is 10.9 Å². The molecule has 110 valence electrons. The summed E-state index contributed by atoms with van der Waals surface area (Å²) in [5.74, 6) is -0.0376. The molecule has 5 heteroatoms. The number of ether oxygens (including phenoxy) is 1. The topological polar surface area (TPSA) is 67.4 Å². The predicted octanol–water partition coefficient (Wildman–Crippen LogP) is 2.16. The number of benzene rings is 2. The van der Waals surface area contributed by atoms with E-state index in [0.717, 1.165) is 10.8 Å². The average Bonchev–Trinajstić information content (AvgIpc) is 2.51. The van der Waals surface area contributed by atoms with Crippen molar-refractivity contribution in [2.24, 2.45) is 0 Å². The summed E-state index contributed by atoms with van der Waals surface area (Å²) < 4.78 is 5.59. The summed E-state index contributed by atoms with van der Waals surface area (Å²) >= 11 is 0. The number of rotatable bonds is 4. The molecule has 5 nitrogen and oxygen atoms in total. The van der Waals surface area contributed by atoms with E-state index in [1.165, 1.54) is 0 Å². The maximum atomic E-state index is 11.8. The van der Waals surface area contributed by atoms with Gasteiger partial charge in [-0.1, -0.05) is 37.3 Å². The van der Waals surface area contributed by atoms with Crippen LogP contribution in [0, 0.1) is 0 Å². The molecule has 2 N–H and O–H groups in total. The predicted molar refractivity (Wildman–Crippen MR) is 80.6 cm³/mol. The van der Waals surface area contributed by atoms with E-state index in [9.17, 15) is 9.59 Å². The third-order valence-corrected chi connectivity index (χ3v) is 3.05. The summed E-state index contributed by atoms with van der Waals surface area (Å²) in [6.07, 6.45) is -0.400. The molecule has 0 aliphatic rings. The van der Waals surface area contributed by atoms with Crippen LogP contribution in [0.1, 0.15) is 20.3 Å². The highest BCUT2D eigenvalue weighted by atomic mass is 16.5. The molecule has 0 saturated carbocycles. The molecule has 2 amide bonds. The summed E-state index contributed by atoms with van der Waals surface area (Å²) in [6.45, 7) is 3.33. The van der Waals surface area contributed by atoms with Crippen LogP contribution in [-0.2, 0) is 9.59 Å². The fourth-order valence-corrected chi connectivity index (χ4v) is 1.82. The Balaban J connectivity index is 1.98. The number of fused-ring (bicyclic) bond motifs is 1. The summed E-state index contributed by atoms with van der Waals surface area (Å²) in [6, 6.07) is 13.5. The van der Waals surface area contributed by atoms with Crippen molar-refractivity contribution in [2.45, 2.75) is 26.4 Å². The first-order chi connectivity index (χ1) is 10.1. The van der Waals surface area contributed by atoms with Gasteiger partial charge in [-0.15, -0.1) is 0 Å². The minimum absolute atomic E-state index is 0.249. The molecular formula is C16H18N2O3. The first-order valence-corrected chi connectivity index (χ1v) is 6.84. The van der Waals surface area contributed by atoms with Crippen molar-refractivity contribution in [3.63, 3.8) is 0 Å². The first kappa shape index (κ1) is 14.8. The fourth-order valence-electron chi connectivity index (χ4n) is 1.82. The highest BCUT2D eigenvalue weighted by Crippen LogP contribution is 2.21. The lowest BCUT2D eigenvalue weighted by molar-refractivity contribution is -0.132. The van der Waals surface area contributed by atoms with Gasteiger partial charge in [0.2, 0.25) is 5.91 Å². The molecule has 2 aromatic rings. The Morgan fingerprint density at radius 3 is 2.52 bits per heavy atom. The maximum Gasteiger partial charge on any atom is 0.279 e. The van der Waals surface area contributed by atoms with E-state index in [1.54, 1.807) is 13.8 Å². The molecule has 2 rings (SSSR count). The van der Waals surface area contributed by atoms with Crippen molar-refractivity contribution < 1.29 is 14.3 Å². The third kappa shape index (κ3) is 3.95. The molecule has 0 radical (unpaired) electrons. The van der Waals surface area contributed by atoms with Gasteiger partial charge in [0.1, 0.15) is 5.75 Å². The van der Waals surface area contributed by atoms with Crippen LogP contribution in [0.4, 0.5) is 0 Å².